The normalized spacial score (nSPS) is 18.4. The molecule has 6 heteroatoms. The highest BCUT2D eigenvalue weighted by Gasteiger charge is 2.29. The fourth-order valence-corrected chi connectivity index (χ4v) is 3.65. The Morgan fingerprint density at radius 1 is 0.955 bits per heavy atom. The minimum Gasteiger partial charge on any atom is -0.336 e. The number of rotatable bonds is 12. The van der Waals surface area contributed by atoms with Crippen LogP contribution in [0.4, 0.5) is 0 Å². The van der Waals surface area contributed by atoms with Crippen LogP contribution in [0.25, 0.3) is 0 Å². The van der Waals surface area contributed by atoms with Gasteiger partial charge in [-0.2, -0.15) is 8.42 Å². The highest BCUT2D eigenvalue weighted by molar-refractivity contribution is 7.86. The molecule has 0 aromatic heterocycles. The van der Waals surface area contributed by atoms with Crippen molar-refractivity contribution in [3.8, 4) is 0 Å². The molecule has 0 spiro atoms. The van der Waals surface area contributed by atoms with E-state index in [1.54, 1.807) is 0 Å². The molecule has 0 saturated carbocycles. The third kappa shape index (κ3) is 7.01. The van der Waals surface area contributed by atoms with Gasteiger partial charge in [0.15, 0.2) is 0 Å². The lowest BCUT2D eigenvalue weighted by Crippen LogP contribution is -2.41. The van der Waals surface area contributed by atoms with E-state index >= 15 is 0 Å². The number of hydrogen-bond donors (Lipinski definition) is 0. The van der Waals surface area contributed by atoms with E-state index in [-0.39, 0.29) is 5.75 Å². The van der Waals surface area contributed by atoms with Gasteiger partial charge in [0.2, 0.25) is 6.35 Å². The quantitative estimate of drug-likeness (QED) is 0.404. The number of nitrogens with zero attached hydrogens (tertiary/aromatic N) is 2. The second kappa shape index (κ2) is 10.1. The monoisotopic (exact) mass is 332 g/mol. The van der Waals surface area contributed by atoms with Gasteiger partial charge in [-0.05, 0) is 12.8 Å². The van der Waals surface area contributed by atoms with Crippen molar-refractivity contribution in [3.05, 3.63) is 12.4 Å². The zero-order valence-electron chi connectivity index (χ0n) is 14.3. The van der Waals surface area contributed by atoms with Crippen molar-refractivity contribution in [2.75, 3.05) is 19.3 Å². The Morgan fingerprint density at radius 3 is 2.23 bits per heavy atom. The summed E-state index contributed by atoms with van der Waals surface area (Å²) in [7, 11) is -1.62. The third-order valence-corrected chi connectivity index (χ3v) is 5.13. The number of unbranched alkanes of at least 4 members (excludes halogenated alkanes) is 6. The Labute approximate surface area is 136 Å². The van der Waals surface area contributed by atoms with Crippen molar-refractivity contribution in [2.45, 2.75) is 71.6 Å². The fourth-order valence-electron chi connectivity index (χ4n) is 2.49. The van der Waals surface area contributed by atoms with Crippen molar-refractivity contribution in [1.29, 1.82) is 0 Å². The van der Waals surface area contributed by atoms with Crippen LogP contribution in [0.15, 0.2) is 12.4 Å². The SMILES string of the molecule is CCCCCCN1C=CN(C)C1OS(=O)(=O)CCCCCC. The van der Waals surface area contributed by atoms with Crippen molar-refractivity contribution >= 4 is 10.1 Å². The molecule has 1 aliphatic heterocycles. The van der Waals surface area contributed by atoms with Crippen LogP contribution in [0.2, 0.25) is 0 Å². The molecule has 0 aromatic carbocycles. The summed E-state index contributed by atoms with van der Waals surface area (Å²) in [6.45, 7) is 5.12. The van der Waals surface area contributed by atoms with Gasteiger partial charge in [0, 0.05) is 26.0 Å². The average molecular weight is 333 g/mol. The molecule has 0 N–H and O–H groups in total. The van der Waals surface area contributed by atoms with Gasteiger partial charge in [0.05, 0.1) is 5.75 Å². The zero-order chi connectivity index (χ0) is 16.4. The Balaban J connectivity index is 2.42. The molecule has 0 bridgehead atoms. The van der Waals surface area contributed by atoms with E-state index in [4.69, 9.17) is 4.18 Å². The minimum atomic E-state index is -3.47. The Bertz CT molecular complexity index is 423. The lowest BCUT2D eigenvalue weighted by molar-refractivity contribution is -0.00903. The third-order valence-electron chi connectivity index (χ3n) is 3.88. The summed E-state index contributed by atoms with van der Waals surface area (Å²) in [6, 6.07) is 0. The summed E-state index contributed by atoms with van der Waals surface area (Å²) in [6.07, 6.45) is 11.7. The van der Waals surface area contributed by atoms with Gasteiger partial charge in [-0.15, -0.1) is 0 Å². The first-order chi connectivity index (χ1) is 10.5. The van der Waals surface area contributed by atoms with Crippen LogP contribution in [-0.2, 0) is 14.3 Å². The van der Waals surface area contributed by atoms with Crippen molar-refractivity contribution in [1.82, 2.24) is 9.80 Å². The van der Waals surface area contributed by atoms with E-state index in [2.05, 4.69) is 13.8 Å². The first-order valence-electron chi connectivity index (χ1n) is 8.57. The Hall–Kier alpha value is -0.750. The molecule has 0 fully saturated rings. The molecule has 0 amide bonds. The molecule has 1 unspecified atom stereocenters. The molecule has 130 valence electrons. The molecule has 0 radical (unpaired) electrons. The van der Waals surface area contributed by atoms with E-state index < -0.39 is 16.5 Å². The van der Waals surface area contributed by atoms with Crippen LogP contribution in [0, 0.1) is 0 Å². The van der Waals surface area contributed by atoms with Crippen LogP contribution >= 0.6 is 0 Å². The first kappa shape index (κ1) is 19.3. The van der Waals surface area contributed by atoms with E-state index in [1.807, 2.05) is 29.2 Å². The summed E-state index contributed by atoms with van der Waals surface area (Å²) in [4.78, 5) is 3.78. The Morgan fingerprint density at radius 2 is 1.59 bits per heavy atom. The van der Waals surface area contributed by atoms with Gasteiger partial charge in [-0.3, -0.25) is 0 Å². The molecule has 1 aliphatic rings. The largest absolute Gasteiger partial charge is 0.336 e. The maximum atomic E-state index is 12.1. The average Bonchev–Trinajstić information content (AvgIpc) is 2.81. The molecular formula is C16H32N2O3S. The second-order valence-corrected chi connectivity index (χ2v) is 7.72. The number of hydrogen-bond acceptors (Lipinski definition) is 5. The summed E-state index contributed by atoms with van der Waals surface area (Å²) in [5.41, 5.74) is 0. The van der Waals surface area contributed by atoms with Crippen LogP contribution in [0.3, 0.4) is 0 Å². The van der Waals surface area contributed by atoms with Crippen molar-refractivity contribution in [3.63, 3.8) is 0 Å². The van der Waals surface area contributed by atoms with E-state index in [0.29, 0.717) is 6.42 Å². The Kier molecular flexibility index (Phi) is 8.86. The lowest BCUT2D eigenvalue weighted by Gasteiger charge is -2.29. The molecule has 5 nitrogen and oxygen atoms in total. The summed E-state index contributed by atoms with van der Waals surface area (Å²) < 4.78 is 29.6. The predicted molar refractivity (Wildman–Crippen MR) is 90.6 cm³/mol. The fraction of sp³-hybridized carbons (Fsp3) is 0.875. The summed E-state index contributed by atoms with van der Waals surface area (Å²) >= 11 is 0. The van der Waals surface area contributed by atoms with Gasteiger partial charge < -0.3 is 9.80 Å². The van der Waals surface area contributed by atoms with E-state index in [1.165, 1.54) is 19.3 Å². The highest BCUT2D eigenvalue weighted by atomic mass is 32.2. The van der Waals surface area contributed by atoms with Crippen molar-refractivity contribution in [2.24, 2.45) is 0 Å². The molecule has 1 heterocycles. The van der Waals surface area contributed by atoms with Crippen LogP contribution in [0.1, 0.15) is 65.2 Å². The van der Waals surface area contributed by atoms with Gasteiger partial charge >= 0.3 is 0 Å². The lowest BCUT2D eigenvalue weighted by atomic mass is 10.2. The van der Waals surface area contributed by atoms with E-state index in [9.17, 15) is 8.42 Å². The van der Waals surface area contributed by atoms with Crippen LogP contribution < -0.4 is 0 Å². The van der Waals surface area contributed by atoms with Gasteiger partial charge in [-0.25, -0.2) is 4.18 Å². The minimum absolute atomic E-state index is 0.112. The topological polar surface area (TPSA) is 49.9 Å². The van der Waals surface area contributed by atoms with Crippen molar-refractivity contribution < 1.29 is 12.6 Å². The molecule has 1 atom stereocenters. The van der Waals surface area contributed by atoms with Gasteiger partial charge in [0.1, 0.15) is 0 Å². The maximum Gasteiger partial charge on any atom is 0.270 e. The molecule has 0 aliphatic carbocycles. The molecule has 22 heavy (non-hydrogen) atoms. The second-order valence-electron chi connectivity index (χ2n) is 6.01. The van der Waals surface area contributed by atoms with Gasteiger partial charge in [-0.1, -0.05) is 52.4 Å². The standard InChI is InChI=1S/C16H32N2O3S/c1-4-6-8-10-12-18-14-13-17(3)16(18)21-22(19,20)15-11-9-7-5-2/h13-14,16H,4-12,15H2,1-3H3. The van der Waals surface area contributed by atoms with Crippen LogP contribution in [-0.4, -0.2) is 43.9 Å². The molecular weight excluding hydrogens is 300 g/mol. The van der Waals surface area contributed by atoms with Crippen LogP contribution in [0.5, 0.6) is 0 Å². The van der Waals surface area contributed by atoms with E-state index in [0.717, 1.165) is 32.2 Å². The predicted octanol–water partition coefficient (Wildman–Crippen LogP) is 3.50. The molecule has 0 saturated heterocycles. The smallest absolute Gasteiger partial charge is 0.270 e. The van der Waals surface area contributed by atoms with Gasteiger partial charge in [0.25, 0.3) is 10.1 Å². The first-order valence-corrected chi connectivity index (χ1v) is 10.1. The summed E-state index contributed by atoms with van der Waals surface area (Å²) in [5, 5.41) is 0. The summed E-state index contributed by atoms with van der Waals surface area (Å²) in [5.74, 6) is 0.112. The molecule has 0 aromatic rings. The maximum absolute atomic E-state index is 12.1. The highest BCUT2D eigenvalue weighted by Crippen LogP contribution is 2.19. The molecule has 1 rings (SSSR count). The zero-order valence-corrected chi connectivity index (χ0v) is 15.1.